The Morgan fingerprint density at radius 1 is 0.667 bits per heavy atom. The van der Waals surface area contributed by atoms with Crippen molar-refractivity contribution in [3.63, 3.8) is 0 Å². The highest BCUT2D eigenvalue weighted by molar-refractivity contribution is 5.21. The number of nitrogens with zero attached hydrogens (tertiary/aromatic N) is 4. The van der Waals surface area contributed by atoms with Gasteiger partial charge in [-0.2, -0.15) is 0 Å². The molecule has 30 heavy (non-hydrogen) atoms. The van der Waals surface area contributed by atoms with Gasteiger partial charge in [0.05, 0.1) is 13.1 Å². The van der Waals surface area contributed by atoms with Crippen LogP contribution in [0.1, 0.15) is 50.7 Å². The molecule has 0 atom stereocenters. The van der Waals surface area contributed by atoms with Gasteiger partial charge >= 0.3 is 0 Å². The summed E-state index contributed by atoms with van der Waals surface area (Å²) >= 11 is 0. The molecule has 6 nitrogen and oxygen atoms in total. The summed E-state index contributed by atoms with van der Waals surface area (Å²) < 4.78 is 8.72. The van der Waals surface area contributed by atoms with Gasteiger partial charge in [0.2, 0.25) is 12.7 Å². The van der Waals surface area contributed by atoms with Crippen LogP contribution in [0.15, 0.2) is 61.7 Å². The van der Waals surface area contributed by atoms with E-state index < -0.39 is 0 Å². The van der Waals surface area contributed by atoms with Gasteiger partial charge < -0.3 is 10.2 Å². The van der Waals surface area contributed by atoms with Crippen molar-refractivity contribution in [3.05, 3.63) is 72.8 Å². The average molecular weight is 415 g/mol. The van der Waals surface area contributed by atoms with Crippen molar-refractivity contribution in [3.8, 4) is 0 Å². The second kappa shape index (κ2) is 13.7. The zero-order valence-electron chi connectivity index (χ0n) is 18.5. The largest absolute Gasteiger partial charge is 0.396 e. The highest BCUT2D eigenvalue weighted by Crippen LogP contribution is 2.05. The SMILES string of the molecule is CC.OCCCCn1cc[n+](Cc2ccc(C[n+]3ccn(CCCCO)c3)cc2)c1. The van der Waals surface area contributed by atoms with Crippen molar-refractivity contribution in [2.45, 2.75) is 65.7 Å². The van der Waals surface area contributed by atoms with Crippen molar-refractivity contribution in [1.29, 1.82) is 0 Å². The highest BCUT2D eigenvalue weighted by atomic mass is 16.3. The normalized spacial score (nSPS) is 10.7. The first-order chi connectivity index (χ1) is 14.8. The molecule has 2 heterocycles. The Hall–Kier alpha value is -2.44. The smallest absolute Gasteiger partial charge is 0.244 e. The van der Waals surface area contributed by atoms with Gasteiger partial charge in [-0.05, 0) is 36.8 Å². The van der Waals surface area contributed by atoms with E-state index in [0.29, 0.717) is 0 Å². The second-order valence-electron chi connectivity index (χ2n) is 7.33. The van der Waals surface area contributed by atoms with Gasteiger partial charge in [0, 0.05) is 13.2 Å². The van der Waals surface area contributed by atoms with Gasteiger partial charge in [-0.15, -0.1) is 0 Å². The van der Waals surface area contributed by atoms with Gasteiger partial charge in [0.1, 0.15) is 37.9 Å². The molecular formula is C24H38N4O2+2. The van der Waals surface area contributed by atoms with E-state index in [0.717, 1.165) is 51.9 Å². The number of aliphatic hydroxyl groups is 2. The van der Waals surface area contributed by atoms with Gasteiger partial charge in [0.25, 0.3) is 0 Å². The Morgan fingerprint density at radius 3 is 1.43 bits per heavy atom. The van der Waals surface area contributed by atoms with Crippen LogP contribution in [0.2, 0.25) is 0 Å². The number of aryl methyl sites for hydroxylation is 2. The van der Waals surface area contributed by atoms with Crippen LogP contribution in [0.25, 0.3) is 0 Å². The summed E-state index contributed by atoms with van der Waals surface area (Å²) in [6.45, 7) is 8.15. The quantitative estimate of drug-likeness (QED) is 0.353. The minimum atomic E-state index is 0.264. The lowest BCUT2D eigenvalue weighted by Crippen LogP contribution is -2.32. The molecule has 1 aromatic carbocycles. The fourth-order valence-corrected chi connectivity index (χ4v) is 3.31. The summed E-state index contributed by atoms with van der Waals surface area (Å²) in [5.41, 5.74) is 2.57. The Labute approximate surface area is 180 Å². The molecule has 3 rings (SSSR count). The van der Waals surface area contributed by atoms with Gasteiger partial charge in [-0.1, -0.05) is 38.1 Å². The zero-order chi connectivity index (χ0) is 21.6. The topological polar surface area (TPSA) is 58.1 Å². The maximum atomic E-state index is 8.88. The van der Waals surface area contributed by atoms with E-state index in [9.17, 15) is 0 Å². The summed E-state index contributed by atoms with van der Waals surface area (Å²) in [5, 5.41) is 17.8. The zero-order valence-corrected chi connectivity index (χ0v) is 18.5. The van der Waals surface area contributed by atoms with Crippen molar-refractivity contribution in [1.82, 2.24) is 9.13 Å². The number of benzene rings is 1. The molecule has 164 valence electrons. The third kappa shape index (κ3) is 8.13. The predicted molar refractivity (Wildman–Crippen MR) is 118 cm³/mol. The van der Waals surface area contributed by atoms with Crippen LogP contribution >= 0.6 is 0 Å². The van der Waals surface area contributed by atoms with Gasteiger partial charge in [0.15, 0.2) is 0 Å². The lowest BCUT2D eigenvalue weighted by Gasteiger charge is -2.01. The molecule has 0 aliphatic heterocycles. The van der Waals surface area contributed by atoms with E-state index in [2.05, 4.69) is 80.0 Å². The molecule has 2 N–H and O–H groups in total. The number of imidazole rings is 2. The molecule has 2 aromatic heterocycles. The minimum absolute atomic E-state index is 0.264. The van der Waals surface area contributed by atoms with E-state index in [1.165, 1.54) is 11.1 Å². The Morgan fingerprint density at radius 2 is 1.07 bits per heavy atom. The molecule has 6 heteroatoms. The third-order valence-corrected chi connectivity index (χ3v) is 4.89. The van der Waals surface area contributed by atoms with Crippen LogP contribution in [0.5, 0.6) is 0 Å². The molecule has 0 saturated heterocycles. The maximum Gasteiger partial charge on any atom is 0.244 e. The van der Waals surface area contributed by atoms with Crippen LogP contribution in [-0.4, -0.2) is 32.6 Å². The summed E-state index contributed by atoms with van der Waals surface area (Å²) in [6, 6.07) is 8.79. The fraction of sp³-hybridized carbons (Fsp3) is 0.500. The second-order valence-corrected chi connectivity index (χ2v) is 7.33. The van der Waals surface area contributed by atoms with E-state index in [-0.39, 0.29) is 13.2 Å². The van der Waals surface area contributed by atoms with Crippen LogP contribution in [0.3, 0.4) is 0 Å². The molecule has 0 saturated carbocycles. The summed E-state index contributed by atoms with van der Waals surface area (Å²) in [4.78, 5) is 0. The van der Waals surface area contributed by atoms with Gasteiger partial charge in [-0.3, -0.25) is 0 Å². The lowest BCUT2D eigenvalue weighted by atomic mass is 10.1. The van der Waals surface area contributed by atoms with Crippen molar-refractivity contribution < 1.29 is 19.3 Å². The number of unbranched alkanes of at least 4 members (excludes halogenated alkanes) is 2. The molecule has 0 spiro atoms. The van der Waals surface area contributed by atoms with Crippen LogP contribution in [0.4, 0.5) is 0 Å². The lowest BCUT2D eigenvalue weighted by molar-refractivity contribution is -0.688. The first-order valence-electron chi connectivity index (χ1n) is 11.2. The molecule has 0 radical (unpaired) electrons. The monoisotopic (exact) mass is 414 g/mol. The van der Waals surface area contributed by atoms with Crippen molar-refractivity contribution in [2.24, 2.45) is 0 Å². The first kappa shape index (κ1) is 23.8. The van der Waals surface area contributed by atoms with Crippen LogP contribution < -0.4 is 9.13 Å². The Bertz CT molecular complexity index is 755. The number of aromatic nitrogens is 4. The summed E-state index contributed by atoms with van der Waals surface area (Å²) in [5.74, 6) is 0. The number of hydrogen-bond donors (Lipinski definition) is 2. The fourth-order valence-electron chi connectivity index (χ4n) is 3.31. The van der Waals surface area contributed by atoms with Crippen LogP contribution in [-0.2, 0) is 26.2 Å². The average Bonchev–Trinajstić information content (AvgIpc) is 3.41. The number of aliphatic hydroxyl groups excluding tert-OH is 2. The summed E-state index contributed by atoms with van der Waals surface area (Å²) in [7, 11) is 0. The standard InChI is InChI=1S/C22H32N4O2.C2H6/c27-15-3-1-9-23-11-13-25(19-23)17-21-5-7-22(8-6-21)18-26-14-12-24(20-26)10-2-4-16-28;1-2/h5-8,11-14,19-20,27-28H,1-4,9-10,15-18H2;1-2H3/q+2;. The van der Waals surface area contributed by atoms with E-state index in [1.807, 2.05) is 13.8 Å². The predicted octanol–water partition coefficient (Wildman–Crippen LogP) is 2.53. The third-order valence-electron chi connectivity index (χ3n) is 4.89. The number of hydrogen-bond acceptors (Lipinski definition) is 2. The molecule has 0 bridgehead atoms. The molecule has 0 unspecified atom stereocenters. The molecule has 0 aliphatic rings. The molecule has 0 amide bonds. The van der Waals surface area contributed by atoms with Crippen LogP contribution in [0, 0.1) is 0 Å². The molecule has 3 aromatic rings. The molecular weight excluding hydrogens is 376 g/mol. The summed E-state index contributed by atoms with van der Waals surface area (Å²) in [6.07, 6.45) is 16.3. The van der Waals surface area contributed by atoms with E-state index in [4.69, 9.17) is 10.2 Å². The first-order valence-corrected chi connectivity index (χ1v) is 11.2. The van der Waals surface area contributed by atoms with Gasteiger partial charge in [-0.25, -0.2) is 18.3 Å². The molecule has 0 fully saturated rings. The van der Waals surface area contributed by atoms with E-state index >= 15 is 0 Å². The Kier molecular flexibility index (Phi) is 10.9. The van der Waals surface area contributed by atoms with Crippen molar-refractivity contribution >= 4 is 0 Å². The van der Waals surface area contributed by atoms with E-state index in [1.54, 1.807) is 0 Å². The molecule has 0 aliphatic carbocycles. The number of rotatable bonds is 12. The van der Waals surface area contributed by atoms with Crippen molar-refractivity contribution in [2.75, 3.05) is 13.2 Å². The highest BCUT2D eigenvalue weighted by Gasteiger charge is 2.07. The maximum absolute atomic E-state index is 8.88. The minimum Gasteiger partial charge on any atom is -0.396 e. The Balaban J connectivity index is 0.00000155.